The van der Waals surface area contributed by atoms with E-state index in [-0.39, 0.29) is 11.9 Å². The van der Waals surface area contributed by atoms with E-state index in [4.69, 9.17) is 0 Å². The maximum absolute atomic E-state index is 13.0. The van der Waals surface area contributed by atoms with Crippen LogP contribution in [0, 0.1) is 18.8 Å². The summed E-state index contributed by atoms with van der Waals surface area (Å²) in [7, 11) is 0. The van der Waals surface area contributed by atoms with E-state index >= 15 is 0 Å². The van der Waals surface area contributed by atoms with E-state index < -0.39 is 0 Å². The molecular formula is C23H26N4O. The van der Waals surface area contributed by atoms with Crippen LogP contribution in [0.3, 0.4) is 0 Å². The largest absolute Gasteiger partial charge is 0.335 e. The zero-order valence-corrected chi connectivity index (χ0v) is 16.3. The predicted octanol–water partition coefficient (Wildman–Crippen LogP) is 3.55. The molecule has 5 nitrogen and oxygen atoms in total. The molecule has 0 N–H and O–H groups in total. The van der Waals surface area contributed by atoms with E-state index in [0.29, 0.717) is 29.4 Å². The molecule has 1 unspecified atom stereocenters. The Kier molecular flexibility index (Phi) is 4.46. The van der Waals surface area contributed by atoms with Crippen LogP contribution in [-0.4, -0.2) is 47.8 Å². The van der Waals surface area contributed by atoms with E-state index in [9.17, 15) is 4.79 Å². The van der Waals surface area contributed by atoms with E-state index in [1.165, 1.54) is 24.0 Å². The van der Waals surface area contributed by atoms with E-state index in [1.54, 1.807) is 6.21 Å². The van der Waals surface area contributed by atoms with Crippen LogP contribution >= 0.6 is 0 Å². The number of fused-ring (bicyclic) bond motifs is 2. The first-order valence-corrected chi connectivity index (χ1v) is 10.4. The summed E-state index contributed by atoms with van der Waals surface area (Å²) in [5.74, 6) is 2.86. The lowest BCUT2D eigenvalue weighted by Crippen LogP contribution is -2.34. The van der Waals surface area contributed by atoms with Crippen molar-refractivity contribution >= 4 is 23.8 Å². The number of aliphatic imine (C=N–C) groups is 3. The molecule has 1 aromatic carbocycles. The number of hydrogen-bond acceptors (Lipinski definition) is 4. The van der Waals surface area contributed by atoms with Crippen molar-refractivity contribution in [2.75, 3.05) is 13.1 Å². The lowest BCUT2D eigenvalue weighted by molar-refractivity contribution is -0.123. The molecular weight excluding hydrogens is 348 g/mol. The maximum Gasteiger partial charge on any atom is 0.291 e. The minimum atomic E-state index is -0.0623. The fraction of sp³-hybridized carbons (Fsp3) is 0.478. The van der Waals surface area contributed by atoms with Crippen molar-refractivity contribution in [3.63, 3.8) is 0 Å². The number of nitrogens with zero attached hydrogens (tertiary/aromatic N) is 4. The SMILES string of the molecule is Cc1ccccc1C1C[C@@H]2CN(C(=O)C3=N[C@H]4CC/C=C\C=NC4=N3)C[C@@H]2C1. The average molecular weight is 374 g/mol. The molecule has 144 valence electrons. The molecule has 1 amide bonds. The number of amidine groups is 2. The number of aryl methyl sites for hydroxylation is 1. The summed E-state index contributed by atoms with van der Waals surface area (Å²) >= 11 is 0. The molecule has 1 saturated carbocycles. The zero-order valence-electron chi connectivity index (χ0n) is 16.3. The summed E-state index contributed by atoms with van der Waals surface area (Å²) in [5, 5.41) is 0. The van der Waals surface area contributed by atoms with Crippen molar-refractivity contribution in [1.29, 1.82) is 0 Å². The topological polar surface area (TPSA) is 57.4 Å². The standard InChI is InChI=1S/C23H26N4O/c1-15-7-4-5-8-19(15)16-11-17-13-27(14-18(17)12-16)23(28)22-25-20-9-3-2-6-10-24-21(20)26-22/h2,4-8,10,16-18,20H,3,9,11-14H2,1H3/b6-2-,24-10?/t16?,17-,18+,20-/m0/s1. The van der Waals surface area contributed by atoms with Crippen LogP contribution in [0.1, 0.15) is 42.7 Å². The molecule has 3 aliphatic heterocycles. The molecule has 5 heteroatoms. The van der Waals surface area contributed by atoms with Gasteiger partial charge in [0.1, 0.15) is 6.04 Å². The summed E-state index contributed by atoms with van der Waals surface area (Å²) in [6, 6.07) is 8.67. The molecule has 0 radical (unpaired) electrons. The summed E-state index contributed by atoms with van der Waals surface area (Å²) < 4.78 is 0. The summed E-state index contributed by atoms with van der Waals surface area (Å²) in [6.07, 6.45) is 9.94. The molecule has 0 spiro atoms. The van der Waals surface area contributed by atoms with Crippen molar-refractivity contribution in [3.05, 3.63) is 47.5 Å². The van der Waals surface area contributed by atoms with Gasteiger partial charge in [-0.05, 0) is 67.6 Å². The fourth-order valence-corrected chi connectivity index (χ4v) is 5.27. The molecule has 1 saturated heterocycles. The highest BCUT2D eigenvalue weighted by molar-refractivity contribution is 6.41. The van der Waals surface area contributed by atoms with E-state index in [2.05, 4.69) is 52.2 Å². The van der Waals surface area contributed by atoms with Gasteiger partial charge in [-0.1, -0.05) is 30.3 Å². The van der Waals surface area contributed by atoms with Gasteiger partial charge in [-0.15, -0.1) is 0 Å². The van der Waals surface area contributed by atoms with Crippen LogP contribution in [0.15, 0.2) is 51.4 Å². The van der Waals surface area contributed by atoms with Gasteiger partial charge < -0.3 is 4.90 Å². The third kappa shape index (κ3) is 3.13. The molecule has 0 bridgehead atoms. The summed E-state index contributed by atoms with van der Waals surface area (Å²) in [6.45, 7) is 3.88. The molecule has 5 rings (SSSR count). The van der Waals surface area contributed by atoms with Gasteiger partial charge in [-0.2, -0.15) is 0 Å². The van der Waals surface area contributed by atoms with Crippen LogP contribution in [0.4, 0.5) is 0 Å². The number of allylic oxidation sites excluding steroid dienone is 2. The van der Waals surface area contributed by atoms with Crippen LogP contribution in [0.2, 0.25) is 0 Å². The highest BCUT2D eigenvalue weighted by Gasteiger charge is 2.44. The Bertz CT molecular complexity index is 899. The Balaban J connectivity index is 1.25. The van der Waals surface area contributed by atoms with Gasteiger partial charge in [-0.25, -0.2) is 9.98 Å². The highest BCUT2D eigenvalue weighted by Crippen LogP contribution is 2.46. The molecule has 1 aliphatic carbocycles. The Hall–Kier alpha value is -2.56. The average Bonchev–Trinajstić information content (AvgIpc) is 3.35. The second kappa shape index (κ2) is 7.12. The molecule has 0 aromatic heterocycles. The van der Waals surface area contributed by atoms with Gasteiger partial charge in [0, 0.05) is 19.3 Å². The van der Waals surface area contributed by atoms with Crippen molar-refractivity contribution in [3.8, 4) is 0 Å². The first-order chi connectivity index (χ1) is 13.7. The number of benzene rings is 1. The number of amides is 1. The van der Waals surface area contributed by atoms with Crippen molar-refractivity contribution in [2.45, 2.75) is 44.6 Å². The lowest BCUT2D eigenvalue weighted by Gasteiger charge is -2.19. The minimum absolute atomic E-state index is 0.00996. The number of hydrogen-bond donors (Lipinski definition) is 0. The fourth-order valence-electron chi connectivity index (χ4n) is 5.27. The highest BCUT2D eigenvalue weighted by atomic mass is 16.2. The third-order valence-electron chi connectivity index (χ3n) is 6.69. The summed E-state index contributed by atoms with van der Waals surface area (Å²) in [4.78, 5) is 28.4. The second-order valence-electron chi connectivity index (χ2n) is 8.48. The van der Waals surface area contributed by atoms with Gasteiger partial charge in [0.15, 0.2) is 5.84 Å². The zero-order chi connectivity index (χ0) is 19.1. The van der Waals surface area contributed by atoms with Crippen LogP contribution in [0.25, 0.3) is 0 Å². The Morgan fingerprint density at radius 2 is 1.93 bits per heavy atom. The molecule has 4 aliphatic rings. The number of rotatable bonds is 2. The van der Waals surface area contributed by atoms with E-state index in [1.807, 2.05) is 11.0 Å². The number of carbonyl (C=O) groups excluding carboxylic acids is 1. The first-order valence-electron chi connectivity index (χ1n) is 10.4. The second-order valence-corrected chi connectivity index (χ2v) is 8.48. The van der Waals surface area contributed by atoms with Crippen LogP contribution < -0.4 is 0 Å². The minimum Gasteiger partial charge on any atom is -0.335 e. The normalized spacial score (nSPS) is 32.2. The molecule has 4 atom stereocenters. The van der Waals surface area contributed by atoms with Gasteiger partial charge >= 0.3 is 0 Å². The number of carbonyl (C=O) groups is 1. The van der Waals surface area contributed by atoms with Gasteiger partial charge in [-0.3, -0.25) is 9.79 Å². The van der Waals surface area contributed by atoms with Gasteiger partial charge in [0.05, 0.1) is 0 Å². The quantitative estimate of drug-likeness (QED) is 0.781. The van der Waals surface area contributed by atoms with Crippen LogP contribution in [0.5, 0.6) is 0 Å². The lowest BCUT2D eigenvalue weighted by atomic mass is 9.92. The van der Waals surface area contributed by atoms with Crippen molar-refractivity contribution in [1.82, 2.24) is 4.90 Å². The smallest absolute Gasteiger partial charge is 0.291 e. The number of likely N-dealkylation sites (tertiary alicyclic amines) is 1. The van der Waals surface area contributed by atoms with Crippen molar-refractivity contribution < 1.29 is 4.79 Å². The van der Waals surface area contributed by atoms with Crippen molar-refractivity contribution in [2.24, 2.45) is 26.8 Å². The van der Waals surface area contributed by atoms with Gasteiger partial charge in [0.25, 0.3) is 5.91 Å². The predicted molar refractivity (Wildman–Crippen MR) is 112 cm³/mol. The molecule has 1 aromatic rings. The Morgan fingerprint density at radius 1 is 1.14 bits per heavy atom. The molecule has 2 fully saturated rings. The maximum atomic E-state index is 13.0. The Morgan fingerprint density at radius 3 is 2.71 bits per heavy atom. The van der Waals surface area contributed by atoms with Gasteiger partial charge in [0.2, 0.25) is 5.84 Å². The summed E-state index contributed by atoms with van der Waals surface area (Å²) in [5.41, 5.74) is 2.88. The third-order valence-corrected chi connectivity index (χ3v) is 6.69. The van der Waals surface area contributed by atoms with Crippen LogP contribution in [-0.2, 0) is 4.79 Å². The molecule has 28 heavy (non-hydrogen) atoms. The van der Waals surface area contributed by atoms with E-state index in [0.717, 1.165) is 25.9 Å². The monoisotopic (exact) mass is 374 g/mol. The molecule has 3 heterocycles. The Labute approximate surface area is 166 Å². The first kappa shape index (κ1) is 17.5.